The predicted octanol–water partition coefficient (Wildman–Crippen LogP) is 6.69. The van der Waals surface area contributed by atoms with Gasteiger partial charge >= 0.3 is 0 Å². The Morgan fingerprint density at radius 3 is 1.13 bits per heavy atom. The van der Waals surface area contributed by atoms with E-state index in [0.29, 0.717) is 22.8 Å². The fourth-order valence-corrected chi connectivity index (χ4v) is 6.48. The molecule has 8 nitrogen and oxygen atoms in total. The summed E-state index contributed by atoms with van der Waals surface area (Å²) in [6.07, 6.45) is 0. The molecule has 0 atom stereocenters. The number of rotatable bonds is 2. The van der Waals surface area contributed by atoms with Crippen molar-refractivity contribution >= 4 is 68.8 Å². The Kier molecular flexibility index (Phi) is 5.63. The molecule has 5 aromatic rings. The lowest BCUT2D eigenvalue weighted by Crippen LogP contribution is -2.17. The highest BCUT2D eigenvalue weighted by atomic mass is 16.2. The number of amidine groups is 2. The summed E-state index contributed by atoms with van der Waals surface area (Å²) in [5.74, 6) is 1.07. The molecule has 2 amide bonds. The molecule has 0 saturated heterocycles. The van der Waals surface area contributed by atoms with Gasteiger partial charge in [-0.15, -0.1) is 0 Å². The number of hydrogen-bond donors (Lipinski definition) is 4. The van der Waals surface area contributed by atoms with Crippen LogP contribution in [0.25, 0.3) is 22.5 Å². The number of carbonyl (C=O) groups is 2. The number of para-hydroxylation sites is 2. The van der Waals surface area contributed by atoms with Crippen LogP contribution in [0.5, 0.6) is 0 Å². The minimum Gasteiger partial charge on any atom is -0.339 e. The number of nitrogens with one attached hydrogen (secondary N) is 4. The van der Waals surface area contributed by atoms with Gasteiger partial charge in [-0.05, 0) is 36.4 Å². The minimum absolute atomic E-state index is 0.137. The lowest BCUT2D eigenvalue weighted by Gasteiger charge is -2.06. The number of hydrogen-bond acceptors (Lipinski definition) is 4. The summed E-state index contributed by atoms with van der Waals surface area (Å²) in [7, 11) is 0. The van der Waals surface area contributed by atoms with Gasteiger partial charge in [0.15, 0.2) is 0 Å². The van der Waals surface area contributed by atoms with E-state index in [-0.39, 0.29) is 11.8 Å². The number of amides is 2. The molecular weight excluding hydrogens is 572 g/mol. The summed E-state index contributed by atoms with van der Waals surface area (Å²) in [6.45, 7) is 0. The van der Waals surface area contributed by atoms with E-state index in [4.69, 9.17) is 9.98 Å². The summed E-state index contributed by atoms with van der Waals surface area (Å²) < 4.78 is 0. The second-order valence-corrected chi connectivity index (χ2v) is 11.3. The van der Waals surface area contributed by atoms with Crippen molar-refractivity contribution in [3.8, 4) is 0 Å². The van der Waals surface area contributed by atoms with Gasteiger partial charge < -0.3 is 21.3 Å². The van der Waals surface area contributed by atoms with Gasteiger partial charge in [-0.1, -0.05) is 84.9 Å². The molecule has 0 saturated carbocycles. The predicted molar refractivity (Wildman–Crippen MR) is 182 cm³/mol. The molecule has 0 aromatic heterocycles. The third-order valence-corrected chi connectivity index (χ3v) is 8.56. The van der Waals surface area contributed by atoms with Gasteiger partial charge in [-0.3, -0.25) is 9.59 Å². The van der Waals surface area contributed by atoms with Gasteiger partial charge in [0.25, 0.3) is 11.8 Å². The van der Waals surface area contributed by atoms with E-state index in [0.717, 1.165) is 67.5 Å². The molecule has 0 spiro atoms. The summed E-state index contributed by atoms with van der Waals surface area (Å²) >= 11 is 0. The third kappa shape index (κ3) is 4.01. The molecule has 4 N–H and O–H groups in total. The van der Waals surface area contributed by atoms with Crippen molar-refractivity contribution in [3.63, 3.8) is 0 Å². The van der Waals surface area contributed by atoms with E-state index in [1.54, 1.807) is 0 Å². The molecule has 0 radical (unpaired) electrons. The summed E-state index contributed by atoms with van der Waals surface area (Å²) in [6, 6.07) is 39.0. The monoisotopic (exact) mass is 596 g/mol. The standard InChI is InChI=1S/C38H24N6O2/c45-37-31(27-13-5-7-15-29(27)41-37)33-23-9-1-3-11-25(23)35(43-33)39-21-17-19-22(20-18-21)40-36-26-12-4-2-10-24(26)34(44-36)32-28-14-6-8-16-30(28)42-38(32)46/h1-20H,(H,39,43)(H,40,44)(H,41,45)(H,42,46)/b33-31-,34-32+. The van der Waals surface area contributed by atoms with Crippen LogP contribution in [0.15, 0.2) is 131 Å². The average molecular weight is 597 g/mol. The fourth-order valence-electron chi connectivity index (χ4n) is 6.48. The van der Waals surface area contributed by atoms with Crippen molar-refractivity contribution in [3.05, 3.63) is 155 Å². The topological polar surface area (TPSA) is 107 Å². The van der Waals surface area contributed by atoms with Crippen LogP contribution in [0.4, 0.5) is 22.7 Å². The van der Waals surface area contributed by atoms with E-state index in [1.165, 1.54) is 0 Å². The van der Waals surface area contributed by atoms with Crippen molar-refractivity contribution in [2.24, 2.45) is 9.98 Å². The molecule has 0 unspecified atom stereocenters. The highest BCUT2D eigenvalue weighted by molar-refractivity contribution is 6.40. The molecule has 0 fully saturated rings. The Morgan fingerprint density at radius 2 is 0.717 bits per heavy atom. The first-order valence-electron chi connectivity index (χ1n) is 14.9. The summed E-state index contributed by atoms with van der Waals surface area (Å²) in [4.78, 5) is 35.9. The van der Waals surface area contributed by atoms with Crippen LogP contribution in [-0.2, 0) is 9.59 Å². The first kappa shape index (κ1) is 25.9. The Morgan fingerprint density at radius 1 is 0.370 bits per heavy atom. The first-order valence-corrected chi connectivity index (χ1v) is 14.9. The van der Waals surface area contributed by atoms with Crippen LogP contribution in [0.3, 0.4) is 0 Å². The van der Waals surface area contributed by atoms with Gasteiger partial charge in [0.05, 0.1) is 33.9 Å². The van der Waals surface area contributed by atoms with Crippen molar-refractivity contribution in [2.75, 3.05) is 10.6 Å². The molecule has 218 valence electrons. The van der Waals surface area contributed by atoms with Gasteiger partial charge in [-0.2, -0.15) is 0 Å². The molecule has 9 rings (SSSR count). The molecule has 0 bridgehead atoms. The molecule has 4 aliphatic rings. The number of aliphatic imine (C=N–C) groups is 2. The molecule has 5 aromatic carbocycles. The highest BCUT2D eigenvalue weighted by Gasteiger charge is 2.34. The van der Waals surface area contributed by atoms with Gasteiger partial charge in [0.2, 0.25) is 0 Å². The van der Waals surface area contributed by atoms with E-state index >= 15 is 0 Å². The molecule has 46 heavy (non-hydrogen) atoms. The number of anilines is 2. The van der Waals surface area contributed by atoms with E-state index < -0.39 is 0 Å². The number of benzene rings is 5. The van der Waals surface area contributed by atoms with Crippen LogP contribution >= 0.6 is 0 Å². The van der Waals surface area contributed by atoms with Crippen molar-refractivity contribution in [1.29, 1.82) is 0 Å². The maximum absolute atomic E-state index is 13.0. The summed E-state index contributed by atoms with van der Waals surface area (Å²) in [5.41, 5.74) is 11.2. The maximum Gasteiger partial charge on any atom is 0.258 e. The molecule has 4 aliphatic heterocycles. The normalized spacial score (nSPS) is 20.5. The lowest BCUT2D eigenvalue weighted by molar-refractivity contribution is -0.111. The fraction of sp³-hybridized carbons (Fsp3) is 0. The second-order valence-electron chi connectivity index (χ2n) is 11.3. The number of carbonyl (C=O) groups excluding carboxylic acids is 2. The molecule has 0 aliphatic carbocycles. The van der Waals surface area contributed by atoms with Crippen LogP contribution < -0.4 is 21.3 Å². The van der Waals surface area contributed by atoms with Gasteiger partial charge in [-0.25, -0.2) is 9.98 Å². The van der Waals surface area contributed by atoms with Crippen LogP contribution in [0.2, 0.25) is 0 Å². The quantitative estimate of drug-likeness (QED) is 0.170. The summed E-state index contributed by atoms with van der Waals surface area (Å²) in [5, 5.41) is 12.8. The SMILES string of the molecule is O=C1Nc2ccccc2/C1=C1/NC(=Nc2ccc(N=C3N/C(=C4/C(=O)Nc5ccccc54)c4ccccc43)cc2)c2ccccc21. The van der Waals surface area contributed by atoms with E-state index in [9.17, 15) is 9.59 Å². The molecule has 8 heteroatoms. The van der Waals surface area contributed by atoms with Gasteiger partial charge in [0.1, 0.15) is 11.7 Å². The maximum atomic E-state index is 13.0. The highest BCUT2D eigenvalue weighted by Crippen LogP contribution is 2.41. The average Bonchev–Trinajstić information content (AvgIpc) is 3.81. The zero-order valence-electron chi connectivity index (χ0n) is 24.3. The van der Waals surface area contributed by atoms with Crippen molar-refractivity contribution < 1.29 is 9.59 Å². The van der Waals surface area contributed by atoms with E-state index in [2.05, 4.69) is 21.3 Å². The Bertz CT molecular complexity index is 2130. The zero-order valence-corrected chi connectivity index (χ0v) is 24.3. The number of nitrogens with zero attached hydrogens (tertiary/aromatic N) is 2. The zero-order chi connectivity index (χ0) is 30.8. The largest absolute Gasteiger partial charge is 0.339 e. The van der Waals surface area contributed by atoms with Crippen LogP contribution in [0.1, 0.15) is 33.4 Å². The minimum atomic E-state index is -0.137. The smallest absolute Gasteiger partial charge is 0.258 e. The molecule has 4 heterocycles. The first-order chi connectivity index (χ1) is 22.6. The van der Waals surface area contributed by atoms with Crippen LogP contribution in [-0.4, -0.2) is 23.5 Å². The Balaban J connectivity index is 1.05. The second kappa shape index (κ2) is 10.0. The third-order valence-electron chi connectivity index (χ3n) is 8.56. The molecular formula is C38H24N6O2. The number of fused-ring (bicyclic) bond motifs is 4. The van der Waals surface area contributed by atoms with Crippen molar-refractivity contribution in [1.82, 2.24) is 10.6 Å². The lowest BCUT2D eigenvalue weighted by atomic mass is 10.00. The Labute approximate surface area is 263 Å². The van der Waals surface area contributed by atoms with Crippen molar-refractivity contribution in [2.45, 2.75) is 0 Å². The van der Waals surface area contributed by atoms with Crippen LogP contribution in [0, 0.1) is 0 Å². The Hall–Kier alpha value is -6.54. The van der Waals surface area contributed by atoms with Gasteiger partial charge in [0, 0.05) is 44.8 Å². The van der Waals surface area contributed by atoms with E-state index in [1.807, 2.05) is 121 Å².